The molecule has 8 heteroatoms. The number of fused-ring (bicyclic) bond motifs is 1. The molecule has 1 amide bonds. The van der Waals surface area contributed by atoms with Gasteiger partial charge in [-0.25, -0.2) is 5.10 Å². The second kappa shape index (κ2) is 11.2. The second-order valence-electron chi connectivity index (χ2n) is 6.77. The van der Waals surface area contributed by atoms with Gasteiger partial charge in [0, 0.05) is 35.2 Å². The summed E-state index contributed by atoms with van der Waals surface area (Å²) in [4.78, 5) is 27.7. The Morgan fingerprint density at radius 1 is 1.12 bits per heavy atom. The molecule has 2 heterocycles. The molecule has 4 rings (SSSR count). The van der Waals surface area contributed by atoms with Crippen LogP contribution < -0.4 is 14.9 Å². The van der Waals surface area contributed by atoms with Gasteiger partial charge in [0.05, 0.1) is 5.52 Å². The maximum absolute atomic E-state index is 12.3. The average Bonchev–Trinajstić information content (AvgIpc) is 3.24. The van der Waals surface area contributed by atoms with E-state index in [0.29, 0.717) is 35.9 Å². The average molecular weight is 451 g/mol. The summed E-state index contributed by atoms with van der Waals surface area (Å²) >= 11 is 1.05. The molecule has 2 N–H and O–H groups in total. The van der Waals surface area contributed by atoms with Crippen molar-refractivity contribution in [3.63, 3.8) is 0 Å². The van der Waals surface area contributed by atoms with Crippen LogP contribution >= 0.6 is 11.3 Å². The number of aromatic amines is 1. The molecule has 0 fully saturated rings. The van der Waals surface area contributed by atoms with E-state index in [9.17, 15) is 9.59 Å². The van der Waals surface area contributed by atoms with Gasteiger partial charge < -0.3 is 10.1 Å². The topological polar surface area (TPSA) is 97.0 Å². The van der Waals surface area contributed by atoms with Gasteiger partial charge >= 0.3 is 4.87 Å². The molecule has 0 aliphatic rings. The van der Waals surface area contributed by atoms with Crippen molar-refractivity contribution in [1.29, 1.82) is 0 Å². The third kappa shape index (κ3) is 6.01. The number of H-pyrrole nitrogens is 1. The lowest BCUT2D eigenvalue weighted by molar-refractivity contribution is 0.0954. The molecule has 0 radical (unpaired) electrons. The predicted octanol–water partition coefficient (Wildman–Crippen LogP) is 4.27. The molecule has 32 heavy (non-hydrogen) atoms. The third-order valence-electron chi connectivity index (χ3n) is 4.55. The van der Waals surface area contributed by atoms with E-state index < -0.39 is 0 Å². The highest BCUT2D eigenvalue weighted by Crippen LogP contribution is 2.21. The molecule has 0 saturated heterocycles. The van der Waals surface area contributed by atoms with Gasteiger partial charge in [-0.2, -0.15) is 5.10 Å². The van der Waals surface area contributed by atoms with Crippen molar-refractivity contribution in [2.24, 2.45) is 0 Å². The Kier molecular flexibility index (Phi) is 8.10. The number of carbonyl (C=O) groups is 1. The summed E-state index contributed by atoms with van der Waals surface area (Å²) in [6.07, 6.45) is 0.510. The number of rotatable bonds is 7. The molecule has 166 valence electrons. The summed E-state index contributed by atoms with van der Waals surface area (Å²) < 4.78 is 5.93. The number of aryl methyl sites for hydroxylation is 1. The highest BCUT2D eigenvalue weighted by atomic mass is 32.1. The molecular formula is C24H26N4O3S. The van der Waals surface area contributed by atoms with Crippen LogP contribution in [0.5, 0.6) is 5.75 Å². The number of aromatic nitrogens is 3. The Morgan fingerprint density at radius 3 is 2.59 bits per heavy atom. The van der Waals surface area contributed by atoms with Crippen molar-refractivity contribution in [3.8, 4) is 5.75 Å². The van der Waals surface area contributed by atoms with Crippen LogP contribution in [0.25, 0.3) is 10.9 Å². The van der Waals surface area contributed by atoms with Gasteiger partial charge in [0.1, 0.15) is 17.4 Å². The lowest BCUT2D eigenvalue weighted by Crippen LogP contribution is -2.25. The lowest BCUT2D eigenvalue weighted by Gasteiger charge is -2.10. The maximum atomic E-state index is 12.3. The van der Waals surface area contributed by atoms with Crippen LogP contribution in [0.4, 0.5) is 0 Å². The van der Waals surface area contributed by atoms with E-state index in [4.69, 9.17) is 4.74 Å². The van der Waals surface area contributed by atoms with E-state index in [-0.39, 0.29) is 10.8 Å². The van der Waals surface area contributed by atoms with Crippen molar-refractivity contribution in [3.05, 3.63) is 86.1 Å². The van der Waals surface area contributed by atoms with E-state index in [2.05, 4.69) is 20.5 Å². The standard InChI is InChI=1S/C22H20N4O3S.C2H6/c1-14-12-16(18-4-2-3-5-19(18)24-14)13-29-17-8-6-15(7-9-17)21(27)23-11-10-20-25-26-22(28)30-20;1-2/h2-9,12H,10-11,13H2,1H3,(H,23,27)(H,26,28);1-2H3. The first-order valence-corrected chi connectivity index (χ1v) is 11.3. The number of amides is 1. The lowest BCUT2D eigenvalue weighted by atomic mass is 10.1. The fourth-order valence-electron chi connectivity index (χ4n) is 3.13. The molecule has 0 spiro atoms. The summed E-state index contributed by atoms with van der Waals surface area (Å²) in [5, 5.41) is 10.8. The van der Waals surface area contributed by atoms with Crippen LogP contribution in [-0.2, 0) is 13.0 Å². The highest BCUT2D eigenvalue weighted by molar-refractivity contribution is 7.08. The Morgan fingerprint density at radius 2 is 1.88 bits per heavy atom. The molecular weight excluding hydrogens is 424 g/mol. The minimum Gasteiger partial charge on any atom is -0.489 e. The molecule has 7 nitrogen and oxygen atoms in total. The second-order valence-corrected chi connectivity index (χ2v) is 7.81. The molecule has 0 unspecified atom stereocenters. The largest absolute Gasteiger partial charge is 0.489 e. The summed E-state index contributed by atoms with van der Waals surface area (Å²) in [5.74, 6) is 0.506. The van der Waals surface area contributed by atoms with Gasteiger partial charge in [0.15, 0.2) is 0 Å². The predicted molar refractivity (Wildman–Crippen MR) is 127 cm³/mol. The molecule has 0 aliphatic heterocycles. The molecule has 0 saturated carbocycles. The van der Waals surface area contributed by atoms with Gasteiger partial charge in [-0.1, -0.05) is 43.4 Å². The quantitative estimate of drug-likeness (QED) is 0.438. The van der Waals surface area contributed by atoms with Crippen molar-refractivity contribution in [2.45, 2.75) is 33.8 Å². The summed E-state index contributed by atoms with van der Waals surface area (Å²) in [6.45, 7) is 6.80. The highest BCUT2D eigenvalue weighted by Gasteiger charge is 2.08. The molecule has 4 aromatic rings. The number of para-hydroxylation sites is 1. The van der Waals surface area contributed by atoms with E-state index >= 15 is 0 Å². The van der Waals surface area contributed by atoms with Gasteiger partial charge in [-0.05, 0) is 43.3 Å². The number of pyridine rings is 1. The number of carbonyl (C=O) groups excluding carboxylic acids is 1. The monoisotopic (exact) mass is 450 g/mol. The minimum absolute atomic E-state index is 0.180. The SMILES string of the molecule is CC.Cc1cc(COc2ccc(C(=O)NCCc3n[nH]c(=O)s3)cc2)c2ccccc2n1. The zero-order valence-corrected chi connectivity index (χ0v) is 19.2. The van der Waals surface area contributed by atoms with E-state index in [1.807, 2.05) is 51.1 Å². The molecule has 2 aromatic carbocycles. The number of nitrogens with one attached hydrogen (secondary N) is 2. The molecule has 0 atom stereocenters. The summed E-state index contributed by atoms with van der Waals surface area (Å²) in [6, 6.07) is 17.0. The molecule has 0 bridgehead atoms. The van der Waals surface area contributed by atoms with Gasteiger partial charge in [-0.15, -0.1) is 0 Å². The fraction of sp³-hybridized carbons (Fsp3) is 0.250. The van der Waals surface area contributed by atoms with E-state index in [1.54, 1.807) is 24.3 Å². The van der Waals surface area contributed by atoms with Crippen LogP contribution in [-0.4, -0.2) is 27.6 Å². The van der Waals surface area contributed by atoms with Gasteiger partial charge in [0.25, 0.3) is 5.91 Å². The zero-order valence-electron chi connectivity index (χ0n) is 18.3. The van der Waals surface area contributed by atoms with Crippen LogP contribution in [0.1, 0.15) is 40.5 Å². The van der Waals surface area contributed by atoms with Crippen molar-refractivity contribution < 1.29 is 9.53 Å². The van der Waals surface area contributed by atoms with Gasteiger partial charge in [-0.3, -0.25) is 14.6 Å². The van der Waals surface area contributed by atoms with Crippen LogP contribution in [0.15, 0.2) is 59.4 Å². The van der Waals surface area contributed by atoms with E-state index in [0.717, 1.165) is 33.5 Å². The Balaban J connectivity index is 0.00000141. The van der Waals surface area contributed by atoms with Crippen LogP contribution in [0.2, 0.25) is 0 Å². The first-order valence-electron chi connectivity index (χ1n) is 10.5. The number of nitrogens with zero attached hydrogens (tertiary/aromatic N) is 2. The number of hydrogen-bond acceptors (Lipinski definition) is 6. The first kappa shape index (κ1) is 23.1. The normalized spacial score (nSPS) is 10.3. The van der Waals surface area contributed by atoms with Gasteiger partial charge in [0.2, 0.25) is 0 Å². The zero-order chi connectivity index (χ0) is 22.9. The van der Waals surface area contributed by atoms with Crippen LogP contribution in [0, 0.1) is 6.92 Å². The van der Waals surface area contributed by atoms with Crippen molar-refractivity contribution in [1.82, 2.24) is 20.5 Å². The fourth-order valence-corrected chi connectivity index (χ4v) is 3.73. The number of hydrogen-bond donors (Lipinski definition) is 2. The van der Waals surface area contributed by atoms with E-state index in [1.165, 1.54) is 0 Å². The minimum atomic E-state index is -0.193. The van der Waals surface area contributed by atoms with Crippen molar-refractivity contribution in [2.75, 3.05) is 6.54 Å². The maximum Gasteiger partial charge on any atom is 0.322 e. The Bertz CT molecular complexity index is 1230. The molecule has 0 aliphatic carbocycles. The Labute approximate surface area is 190 Å². The van der Waals surface area contributed by atoms with Crippen molar-refractivity contribution >= 4 is 28.1 Å². The number of benzene rings is 2. The smallest absolute Gasteiger partial charge is 0.322 e. The number of ether oxygens (including phenoxy) is 1. The first-order chi connectivity index (χ1) is 15.6. The third-order valence-corrected chi connectivity index (χ3v) is 5.36. The summed E-state index contributed by atoms with van der Waals surface area (Å²) in [5.41, 5.74) is 3.51. The van der Waals surface area contributed by atoms with Crippen LogP contribution in [0.3, 0.4) is 0 Å². The molecule has 2 aromatic heterocycles. The Hall–Kier alpha value is -3.52. The summed E-state index contributed by atoms with van der Waals surface area (Å²) in [7, 11) is 0.